The van der Waals surface area contributed by atoms with Crippen LogP contribution in [0, 0.1) is 46.3 Å². The number of nitriles is 2. The van der Waals surface area contributed by atoms with Crippen LogP contribution in [-0.4, -0.2) is 45.1 Å². The molecule has 0 saturated heterocycles. The van der Waals surface area contributed by atoms with Gasteiger partial charge in [-0.1, -0.05) is 18.4 Å². The minimum Gasteiger partial charge on any atom is -0.463 e. The van der Waals surface area contributed by atoms with Crippen molar-refractivity contribution in [2.75, 3.05) is 13.2 Å². The number of aromatic nitrogens is 4. The first-order valence-corrected chi connectivity index (χ1v) is 11.1. The SMILES string of the molecule is C=CC(=O)OCCCCOC(=O)c1cc(C#Cc2cnc(C#N)cn2)ccc1C#Cc1cnc(C#N)cn1. The van der Waals surface area contributed by atoms with Gasteiger partial charge in [-0.3, -0.25) is 0 Å². The number of nitrogens with zero attached hydrogens (tertiary/aromatic N) is 6. The largest absolute Gasteiger partial charge is 0.463 e. The molecule has 0 amide bonds. The van der Waals surface area contributed by atoms with Crippen molar-refractivity contribution in [2.45, 2.75) is 12.8 Å². The topological polar surface area (TPSA) is 152 Å². The molecule has 0 aliphatic heterocycles. The number of ether oxygens (including phenoxy) is 2. The molecule has 0 bridgehead atoms. The van der Waals surface area contributed by atoms with Crippen LogP contribution >= 0.6 is 0 Å². The number of hydrogen-bond donors (Lipinski definition) is 0. The number of carbonyl (C=O) groups is 2. The van der Waals surface area contributed by atoms with Crippen molar-refractivity contribution in [1.82, 2.24) is 19.9 Å². The number of benzene rings is 1. The molecule has 0 saturated carbocycles. The fourth-order valence-electron chi connectivity index (χ4n) is 2.75. The second-order valence-corrected chi connectivity index (χ2v) is 7.27. The number of rotatable bonds is 7. The Morgan fingerprint density at radius 2 is 1.34 bits per heavy atom. The molecular formula is C28H18N6O4. The van der Waals surface area contributed by atoms with Crippen LogP contribution < -0.4 is 0 Å². The van der Waals surface area contributed by atoms with E-state index in [2.05, 4.69) is 50.2 Å². The highest BCUT2D eigenvalue weighted by Crippen LogP contribution is 2.14. The fourth-order valence-corrected chi connectivity index (χ4v) is 2.75. The van der Waals surface area contributed by atoms with E-state index in [-0.39, 0.29) is 30.2 Å². The molecule has 2 heterocycles. The van der Waals surface area contributed by atoms with E-state index in [1.54, 1.807) is 18.2 Å². The maximum atomic E-state index is 12.9. The molecule has 0 unspecified atom stereocenters. The van der Waals surface area contributed by atoms with Gasteiger partial charge < -0.3 is 9.47 Å². The molecule has 3 aromatic rings. The molecule has 0 aliphatic rings. The van der Waals surface area contributed by atoms with Crippen LogP contribution in [0.1, 0.15) is 57.1 Å². The maximum absolute atomic E-state index is 12.9. The first-order chi connectivity index (χ1) is 18.5. The molecule has 0 atom stereocenters. The van der Waals surface area contributed by atoms with Crippen molar-refractivity contribution in [3.05, 3.63) is 95.1 Å². The lowest BCUT2D eigenvalue weighted by Crippen LogP contribution is -2.10. The van der Waals surface area contributed by atoms with E-state index in [4.69, 9.17) is 20.0 Å². The lowest BCUT2D eigenvalue weighted by Gasteiger charge is -2.07. The quantitative estimate of drug-likeness (QED) is 0.204. The summed E-state index contributed by atoms with van der Waals surface area (Å²) in [7, 11) is 0. The van der Waals surface area contributed by atoms with Crippen molar-refractivity contribution in [3.8, 4) is 35.8 Å². The predicted octanol–water partition coefficient (Wildman–Crippen LogP) is 2.48. The van der Waals surface area contributed by atoms with E-state index in [0.717, 1.165) is 6.08 Å². The Kier molecular flexibility index (Phi) is 9.79. The third-order valence-corrected chi connectivity index (χ3v) is 4.62. The standard InChI is InChI=1S/C28H18N6O4/c1-2-27(35)37-11-3-4-12-38-28(36)26-13-20(6-9-22-16-33-24(14-29)18-31-22)5-7-21(26)8-10-23-17-34-25(15-30)19-32-23/h2,5,7,13,16-19H,1,3-4,11-12H2. The summed E-state index contributed by atoms with van der Waals surface area (Å²) < 4.78 is 10.3. The van der Waals surface area contributed by atoms with Gasteiger partial charge in [-0.25, -0.2) is 29.5 Å². The van der Waals surface area contributed by atoms with Crippen LogP contribution in [0.3, 0.4) is 0 Å². The van der Waals surface area contributed by atoms with Crippen LogP contribution in [0.15, 0.2) is 55.6 Å². The summed E-state index contributed by atoms with van der Waals surface area (Å²) in [5.74, 6) is 10.3. The maximum Gasteiger partial charge on any atom is 0.339 e. The monoisotopic (exact) mass is 502 g/mol. The molecule has 1 aromatic carbocycles. The summed E-state index contributed by atoms with van der Waals surface area (Å²) in [5, 5.41) is 17.7. The minimum atomic E-state index is -0.606. The van der Waals surface area contributed by atoms with Gasteiger partial charge in [0.2, 0.25) is 0 Å². The van der Waals surface area contributed by atoms with E-state index >= 15 is 0 Å². The lowest BCUT2D eigenvalue weighted by atomic mass is 10.0. The third kappa shape index (κ3) is 8.13. The zero-order valence-corrected chi connectivity index (χ0v) is 20.0. The van der Waals surface area contributed by atoms with Crippen molar-refractivity contribution in [3.63, 3.8) is 0 Å². The van der Waals surface area contributed by atoms with Gasteiger partial charge >= 0.3 is 11.9 Å². The Bertz CT molecular complexity index is 1540. The summed E-state index contributed by atoms with van der Waals surface area (Å²) in [6.45, 7) is 3.62. The number of unbranched alkanes of at least 4 members (excludes halogenated alkanes) is 1. The fraction of sp³-hybridized carbons (Fsp3) is 0.143. The summed E-state index contributed by atoms with van der Waals surface area (Å²) in [6.07, 6.45) is 7.43. The van der Waals surface area contributed by atoms with Crippen LogP contribution in [-0.2, 0) is 14.3 Å². The van der Waals surface area contributed by atoms with Gasteiger partial charge in [0.25, 0.3) is 0 Å². The molecule has 2 aromatic heterocycles. The van der Waals surface area contributed by atoms with Crippen LogP contribution in [0.2, 0.25) is 0 Å². The molecule has 0 spiro atoms. The van der Waals surface area contributed by atoms with Crippen molar-refractivity contribution < 1.29 is 19.1 Å². The van der Waals surface area contributed by atoms with Gasteiger partial charge in [0, 0.05) is 17.2 Å². The molecule has 0 N–H and O–H groups in total. The molecule has 184 valence electrons. The second kappa shape index (κ2) is 13.9. The summed E-state index contributed by atoms with van der Waals surface area (Å²) >= 11 is 0. The average Bonchev–Trinajstić information content (AvgIpc) is 2.97. The smallest absolute Gasteiger partial charge is 0.339 e. The number of esters is 2. The van der Waals surface area contributed by atoms with E-state index in [0.29, 0.717) is 35.4 Å². The molecule has 0 aliphatic carbocycles. The van der Waals surface area contributed by atoms with Gasteiger partial charge in [0.05, 0.1) is 43.6 Å². The Hall–Kier alpha value is -5.84. The molecule has 0 fully saturated rings. The summed E-state index contributed by atoms with van der Waals surface area (Å²) in [5.41, 5.74) is 2.08. The van der Waals surface area contributed by atoms with Crippen molar-refractivity contribution in [1.29, 1.82) is 10.5 Å². The Labute approximate surface area is 218 Å². The first kappa shape index (κ1) is 26.8. The normalized spacial score (nSPS) is 9.32. The van der Waals surface area contributed by atoms with E-state index in [1.165, 1.54) is 24.8 Å². The van der Waals surface area contributed by atoms with Crippen LogP contribution in [0.4, 0.5) is 0 Å². The first-order valence-electron chi connectivity index (χ1n) is 11.1. The zero-order valence-electron chi connectivity index (χ0n) is 20.0. The predicted molar refractivity (Wildman–Crippen MR) is 133 cm³/mol. The second-order valence-electron chi connectivity index (χ2n) is 7.27. The highest BCUT2D eigenvalue weighted by atomic mass is 16.5. The minimum absolute atomic E-state index is 0.106. The Morgan fingerprint density at radius 3 is 1.89 bits per heavy atom. The van der Waals surface area contributed by atoms with Crippen molar-refractivity contribution in [2.24, 2.45) is 0 Å². The van der Waals surface area contributed by atoms with Crippen molar-refractivity contribution >= 4 is 11.9 Å². The Morgan fingerprint density at radius 1 is 0.789 bits per heavy atom. The van der Waals surface area contributed by atoms with E-state index in [9.17, 15) is 9.59 Å². The van der Waals surface area contributed by atoms with Crippen LogP contribution in [0.5, 0.6) is 0 Å². The highest BCUT2D eigenvalue weighted by Gasteiger charge is 2.13. The zero-order chi connectivity index (χ0) is 27.2. The molecular weight excluding hydrogens is 484 g/mol. The molecule has 0 radical (unpaired) electrons. The van der Waals surface area contributed by atoms with Gasteiger partial charge in [-0.15, -0.1) is 0 Å². The number of carbonyl (C=O) groups excluding carboxylic acids is 2. The summed E-state index contributed by atoms with van der Waals surface area (Å²) in [6, 6.07) is 8.63. The van der Waals surface area contributed by atoms with E-state index in [1.807, 2.05) is 12.1 Å². The highest BCUT2D eigenvalue weighted by molar-refractivity contribution is 5.93. The molecule has 10 nitrogen and oxygen atoms in total. The average molecular weight is 502 g/mol. The number of hydrogen-bond acceptors (Lipinski definition) is 10. The molecule has 38 heavy (non-hydrogen) atoms. The van der Waals surface area contributed by atoms with Gasteiger partial charge in [-0.2, -0.15) is 10.5 Å². The van der Waals surface area contributed by atoms with Gasteiger partial charge in [0.1, 0.15) is 23.5 Å². The van der Waals surface area contributed by atoms with Crippen LogP contribution in [0.25, 0.3) is 0 Å². The summed E-state index contributed by atoms with van der Waals surface area (Å²) in [4.78, 5) is 39.9. The third-order valence-electron chi connectivity index (χ3n) is 4.62. The van der Waals surface area contributed by atoms with E-state index < -0.39 is 11.9 Å². The molecule has 10 heteroatoms. The molecule has 3 rings (SSSR count). The Balaban J connectivity index is 1.79. The van der Waals surface area contributed by atoms with Gasteiger partial charge in [0.15, 0.2) is 11.4 Å². The lowest BCUT2D eigenvalue weighted by molar-refractivity contribution is -0.137. The van der Waals surface area contributed by atoms with Gasteiger partial charge in [-0.05, 0) is 42.9 Å².